The second-order valence-electron chi connectivity index (χ2n) is 5.41. The van der Waals surface area contributed by atoms with Gasteiger partial charge < -0.3 is 14.8 Å². The highest BCUT2D eigenvalue weighted by Crippen LogP contribution is 2.23. The summed E-state index contributed by atoms with van der Waals surface area (Å²) in [6, 6.07) is 12.5. The molecule has 2 rings (SSSR count). The Morgan fingerprint density at radius 2 is 1.76 bits per heavy atom. The van der Waals surface area contributed by atoms with E-state index in [4.69, 9.17) is 21.1 Å². The lowest BCUT2D eigenvalue weighted by Crippen LogP contribution is -2.33. The molecule has 0 bridgehead atoms. The third-order valence-electron chi connectivity index (χ3n) is 3.70. The fourth-order valence-electron chi connectivity index (χ4n) is 2.35. The summed E-state index contributed by atoms with van der Waals surface area (Å²) in [7, 11) is 3.11. The van der Waals surface area contributed by atoms with Crippen molar-refractivity contribution < 1.29 is 19.1 Å². The lowest BCUT2D eigenvalue weighted by atomic mass is 10.1. The average Bonchev–Trinajstić information content (AvgIpc) is 2.62. The first kappa shape index (κ1) is 18.8. The number of nitrogens with one attached hydrogen (secondary N) is 1. The first-order valence-electron chi connectivity index (χ1n) is 7.80. The van der Waals surface area contributed by atoms with Crippen LogP contribution >= 0.6 is 11.6 Å². The highest BCUT2D eigenvalue weighted by molar-refractivity contribution is 6.36. The molecule has 0 atom stereocenters. The molecule has 0 aromatic heterocycles. The average molecular weight is 362 g/mol. The Bertz CT molecular complexity index is 744. The lowest BCUT2D eigenvalue weighted by Gasteiger charge is -2.09. The second-order valence-corrected chi connectivity index (χ2v) is 5.85. The van der Waals surface area contributed by atoms with E-state index >= 15 is 0 Å². The molecule has 5 nitrogen and oxygen atoms in total. The summed E-state index contributed by atoms with van der Waals surface area (Å²) < 4.78 is 10.3. The van der Waals surface area contributed by atoms with Crippen LogP contribution in [0.5, 0.6) is 11.5 Å². The summed E-state index contributed by atoms with van der Waals surface area (Å²) in [4.78, 5) is 24.1. The molecule has 25 heavy (non-hydrogen) atoms. The van der Waals surface area contributed by atoms with Gasteiger partial charge in [0.05, 0.1) is 14.2 Å². The SMILES string of the molecule is COc1ccc(CCNC(=O)C(=O)Cc2cc(Cl)ccc2OC)cc1. The number of rotatable bonds is 8. The molecule has 0 radical (unpaired) electrons. The first-order valence-corrected chi connectivity index (χ1v) is 8.17. The van der Waals surface area contributed by atoms with Gasteiger partial charge in [0.15, 0.2) is 0 Å². The number of halogens is 1. The third-order valence-corrected chi connectivity index (χ3v) is 3.94. The van der Waals surface area contributed by atoms with Crippen LogP contribution in [0.2, 0.25) is 5.02 Å². The minimum Gasteiger partial charge on any atom is -0.497 e. The Kier molecular flexibility index (Phi) is 6.83. The molecule has 2 aromatic rings. The number of amides is 1. The monoisotopic (exact) mass is 361 g/mol. The fourth-order valence-corrected chi connectivity index (χ4v) is 2.54. The van der Waals surface area contributed by atoms with Gasteiger partial charge in [-0.05, 0) is 42.3 Å². The molecular weight excluding hydrogens is 342 g/mol. The van der Waals surface area contributed by atoms with Crippen molar-refractivity contribution >= 4 is 23.3 Å². The topological polar surface area (TPSA) is 64.6 Å². The van der Waals surface area contributed by atoms with E-state index in [2.05, 4.69) is 5.32 Å². The molecule has 0 spiro atoms. The van der Waals surface area contributed by atoms with E-state index < -0.39 is 11.7 Å². The summed E-state index contributed by atoms with van der Waals surface area (Å²) in [5.74, 6) is 0.160. The van der Waals surface area contributed by atoms with Crippen LogP contribution in [0.15, 0.2) is 42.5 Å². The molecule has 0 fully saturated rings. The molecule has 0 saturated heterocycles. The molecule has 0 aliphatic heterocycles. The molecule has 6 heteroatoms. The lowest BCUT2D eigenvalue weighted by molar-refractivity contribution is -0.137. The Labute approximate surface area is 151 Å². The molecule has 0 aliphatic rings. The van der Waals surface area contributed by atoms with Crippen LogP contribution in [0.25, 0.3) is 0 Å². The number of methoxy groups -OCH3 is 2. The molecule has 1 amide bonds. The molecule has 0 aliphatic carbocycles. The molecule has 0 unspecified atom stereocenters. The fraction of sp³-hybridized carbons (Fsp3) is 0.263. The van der Waals surface area contributed by atoms with Gasteiger partial charge in [-0.3, -0.25) is 9.59 Å². The zero-order chi connectivity index (χ0) is 18.2. The van der Waals surface area contributed by atoms with Crippen molar-refractivity contribution in [1.82, 2.24) is 5.32 Å². The van der Waals surface area contributed by atoms with Crippen LogP contribution < -0.4 is 14.8 Å². The van der Waals surface area contributed by atoms with Crippen LogP contribution in [0.4, 0.5) is 0 Å². The van der Waals surface area contributed by atoms with E-state index in [1.807, 2.05) is 24.3 Å². The van der Waals surface area contributed by atoms with E-state index in [0.717, 1.165) is 11.3 Å². The van der Waals surface area contributed by atoms with Crippen LogP contribution in [-0.2, 0) is 22.4 Å². The van der Waals surface area contributed by atoms with Crippen LogP contribution in [0.3, 0.4) is 0 Å². The number of ether oxygens (including phenoxy) is 2. The van der Waals surface area contributed by atoms with Gasteiger partial charge in [0.2, 0.25) is 5.78 Å². The zero-order valence-electron chi connectivity index (χ0n) is 14.2. The van der Waals surface area contributed by atoms with Crippen LogP contribution in [-0.4, -0.2) is 32.5 Å². The van der Waals surface area contributed by atoms with Crippen LogP contribution in [0.1, 0.15) is 11.1 Å². The Hall–Kier alpha value is -2.53. The number of carbonyl (C=O) groups is 2. The number of carbonyl (C=O) groups excluding carboxylic acids is 2. The van der Waals surface area contributed by atoms with Crippen LogP contribution in [0, 0.1) is 0 Å². The highest BCUT2D eigenvalue weighted by Gasteiger charge is 2.16. The van der Waals surface area contributed by atoms with Gasteiger partial charge in [-0.1, -0.05) is 23.7 Å². The van der Waals surface area contributed by atoms with Gasteiger partial charge in [0, 0.05) is 23.6 Å². The molecular formula is C19H20ClNO4. The first-order chi connectivity index (χ1) is 12.0. The standard InChI is InChI=1S/C19H20ClNO4/c1-24-16-6-3-13(4-7-16)9-10-21-19(23)17(22)12-14-11-15(20)5-8-18(14)25-2/h3-8,11H,9-10,12H2,1-2H3,(H,21,23). The number of hydrogen-bond donors (Lipinski definition) is 1. The van der Waals surface area contributed by atoms with Gasteiger partial charge in [-0.15, -0.1) is 0 Å². The number of hydrogen-bond acceptors (Lipinski definition) is 4. The van der Waals surface area contributed by atoms with E-state index in [1.165, 1.54) is 7.11 Å². The highest BCUT2D eigenvalue weighted by atomic mass is 35.5. The normalized spacial score (nSPS) is 10.2. The van der Waals surface area contributed by atoms with Gasteiger partial charge in [-0.25, -0.2) is 0 Å². The third kappa shape index (κ3) is 5.50. The maximum absolute atomic E-state index is 12.1. The number of ketones is 1. The van der Waals surface area contributed by atoms with Crippen molar-refractivity contribution in [2.24, 2.45) is 0 Å². The maximum Gasteiger partial charge on any atom is 0.287 e. The minimum absolute atomic E-state index is 0.0574. The zero-order valence-corrected chi connectivity index (χ0v) is 14.9. The number of Topliss-reactive ketones (excluding diaryl/α,β-unsaturated/α-hetero) is 1. The predicted molar refractivity (Wildman–Crippen MR) is 96.4 cm³/mol. The summed E-state index contributed by atoms with van der Waals surface area (Å²) >= 11 is 5.93. The molecule has 0 heterocycles. The van der Waals surface area contributed by atoms with Crippen molar-refractivity contribution in [1.29, 1.82) is 0 Å². The number of benzene rings is 2. The Morgan fingerprint density at radius 3 is 2.40 bits per heavy atom. The summed E-state index contributed by atoms with van der Waals surface area (Å²) in [5.41, 5.74) is 1.63. The van der Waals surface area contributed by atoms with Gasteiger partial charge in [0.25, 0.3) is 5.91 Å². The smallest absolute Gasteiger partial charge is 0.287 e. The molecule has 2 aromatic carbocycles. The van der Waals surface area contributed by atoms with E-state index in [9.17, 15) is 9.59 Å². The van der Waals surface area contributed by atoms with Gasteiger partial charge >= 0.3 is 0 Å². The predicted octanol–water partition coefficient (Wildman–Crippen LogP) is 2.83. The van der Waals surface area contributed by atoms with Crippen molar-refractivity contribution in [2.75, 3.05) is 20.8 Å². The second kappa shape index (κ2) is 9.08. The largest absolute Gasteiger partial charge is 0.497 e. The van der Waals surface area contributed by atoms with Crippen molar-refractivity contribution in [3.05, 3.63) is 58.6 Å². The van der Waals surface area contributed by atoms with E-state index in [1.54, 1.807) is 25.3 Å². The van der Waals surface area contributed by atoms with Gasteiger partial charge in [-0.2, -0.15) is 0 Å². The van der Waals surface area contributed by atoms with Crippen molar-refractivity contribution in [3.63, 3.8) is 0 Å². The quantitative estimate of drug-likeness (QED) is 0.734. The molecule has 0 saturated carbocycles. The molecule has 132 valence electrons. The van der Waals surface area contributed by atoms with Crippen molar-refractivity contribution in [3.8, 4) is 11.5 Å². The maximum atomic E-state index is 12.1. The van der Waals surface area contributed by atoms with Gasteiger partial charge in [0.1, 0.15) is 11.5 Å². The Balaban J connectivity index is 1.86. The Morgan fingerprint density at radius 1 is 1.04 bits per heavy atom. The van der Waals surface area contributed by atoms with Crippen molar-refractivity contribution in [2.45, 2.75) is 12.8 Å². The van der Waals surface area contributed by atoms with E-state index in [0.29, 0.717) is 29.3 Å². The molecule has 1 N–H and O–H groups in total. The summed E-state index contributed by atoms with van der Waals surface area (Å²) in [6.07, 6.45) is 0.571. The minimum atomic E-state index is -0.615. The van der Waals surface area contributed by atoms with E-state index in [-0.39, 0.29) is 6.42 Å². The summed E-state index contributed by atoms with van der Waals surface area (Å²) in [5, 5.41) is 3.13. The summed E-state index contributed by atoms with van der Waals surface area (Å²) in [6.45, 7) is 0.379.